The first-order chi connectivity index (χ1) is 13.6. The quantitative estimate of drug-likeness (QED) is 0.437. The van der Waals surface area contributed by atoms with Gasteiger partial charge >= 0.3 is 0 Å². The van der Waals surface area contributed by atoms with E-state index in [0.29, 0.717) is 18.5 Å². The maximum Gasteiger partial charge on any atom is 0.226 e. The van der Waals surface area contributed by atoms with Crippen molar-refractivity contribution in [2.24, 2.45) is 4.99 Å². The largest absolute Gasteiger partial charge is 0.444 e. The predicted molar refractivity (Wildman–Crippen MR) is 114 cm³/mol. The van der Waals surface area contributed by atoms with Gasteiger partial charge in [-0.25, -0.2) is 9.98 Å². The summed E-state index contributed by atoms with van der Waals surface area (Å²) >= 11 is 0. The molecule has 2 aromatic rings. The lowest BCUT2D eigenvalue weighted by Gasteiger charge is -2.33. The number of rotatable bonds is 7. The molecular weight excluding hydrogens is 350 g/mol. The van der Waals surface area contributed by atoms with Gasteiger partial charge < -0.3 is 15.1 Å². The molecule has 0 aliphatic carbocycles. The van der Waals surface area contributed by atoms with Crippen molar-refractivity contribution in [3.8, 4) is 11.5 Å². The second-order valence-corrected chi connectivity index (χ2v) is 7.36. The number of nitrogens with one attached hydrogen (secondary N) is 2. The van der Waals surface area contributed by atoms with E-state index in [-0.39, 0.29) is 0 Å². The maximum absolute atomic E-state index is 5.60. The van der Waals surface area contributed by atoms with Crippen LogP contribution in [0.2, 0.25) is 0 Å². The lowest BCUT2D eigenvalue weighted by molar-refractivity contribution is 0.221. The zero-order valence-electron chi connectivity index (χ0n) is 16.9. The third kappa shape index (κ3) is 5.96. The molecule has 0 spiro atoms. The lowest BCUT2D eigenvalue weighted by atomic mass is 10.0. The van der Waals surface area contributed by atoms with E-state index in [9.17, 15) is 0 Å². The molecule has 3 rings (SSSR count). The van der Waals surface area contributed by atoms with E-state index in [4.69, 9.17) is 9.41 Å². The van der Waals surface area contributed by atoms with E-state index < -0.39 is 0 Å². The normalized spacial score (nSPS) is 16.1. The molecule has 0 amide bonds. The summed E-state index contributed by atoms with van der Waals surface area (Å²) in [7, 11) is 0. The SMILES string of the molecule is C=C(C)CN1CCC(NC(=NCc2coc(-c3ccccc3)n2)NCC)CC1. The van der Waals surface area contributed by atoms with E-state index in [0.717, 1.165) is 56.2 Å². The molecule has 0 unspecified atom stereocenters. The van der Waals surface area contributed by atoms with Gasteiger partial charge in [-0.3, -0.25) is 4.90 Å². The number of nitrogens with zero attached hydrogens (tertiary/aromatic N) is 3. The summed E-state index contributed by atoms with van der Waals surface area (Å²) in [5.41, 5.74) is 3.03. The van der Waals surface area contributed by atoms with Gasteiger partial charge in [-0.15, -0.1) is 0 Å². The van der Waals surface area contributed by atoms with Crippen molar-refractivity contribution < 1.29 is 4.42 Å². The Morgan fingerprint density at radius 1 is 1.29 bits per heavy atom. The highest BCUT2D eigenvalue weighted by Gasteiger charge is 2.19. The van der Waals surface area contributed by atoms with Crippen molar-refractivity contribution in [1.29, 1.82) is 0 Å². The number of hydrogen-bond donors (Lipinski definition) is 2. The molecule has 150 valence electrons. The Morgan fingerprint density at radius 3 is 2.71 bits per heavy atom. The number of benzene rings is 1. The number of likely N-dealkylation sites (tertiary alicyclic amines) is 1. The number of oxazole rings is 1. The van der Waals surface area contributed by atoms with Gasteiger partial charge in [0.15, 0.2) is 5.96 Å². The number of aliphatic imine (C=N–C) groups is 1. The molecular formula is C22H31N5O. The number of guanidine groups is 1. The first-order valence-electron chi connectivity index (χ1n) is 10.1. The van der Waals surface area contributed by atoms with E-state index in [1.807, 2.05) is 30.3 Å². The third-order valence-electron chi connectivity index (χ3n) is 4.74. The fraction of sp³-hybridized carbons (Fsp3) is 0.455. The van der Waals surface area contributed by atoms with Gasteiger partial charge in [0.05, 0.1) is 6.54 Å². The van der Waals surface area contributed by atoms with Crippen LogP contribution in [0.15, 0.2) is 58.2 Å². The molecule has 1 aliphatic heterocycles. The van der Waals surface area contributed by atoms with Crippen LogP contribution in [-0.4, -0.2) is 48.1 Å². The summed E-state index contributed by atoms with van der Waals surface area (Å²) in [5.74, 6) is 1.47. The molecule has 1 saturated heterocycles. The van der Waals surface area contributed by atoms with Crippen molar-refractivity contribution in [1.82, 2.24) is 20.5 Å². The highest BCUT2D eigenvalue weighted by atomic mass is 16.3. The monoisotopic (exact) mass is 381 g/mol. The van der Waals surface area contributed by atoms with Crippen molar-refractivity contribution in [2.45, 2.75) is 39.3 Å². The third-order valence-corrected chi connectivity index (χ3v) is 4.74. The first kappa shape index (κ1) is 20.1. The standard InChI is InChI=1S/C22H31N5O/c1-4-23-22(26-19-10-12-27(13-11-19)15-17(2)3)24-14-20-16-28-21(25-20)18-8-6-5-7-9-18/h5-9,16,19H,2,4,10-15H2,1,3H3,(H2,23,24,26). The summed E-state index contributed by atoms with van der Waals surface area (Å²) in [5, 5.41) is 6.91. The van der Waals surface area contributed by atoms with Crippen molar-refractivity contribution in [2.75, 3.05) is 26.2 Å². The zero-order chi connectivity index (χ0) is 19.8. The van der Waals surface area contributed by atoms with E-state index in [1.165, 1.54) is 5.57 Å². The summed E-state index contributed by atoms with van der Waals surface area (Å²) in [6, 6.07) is 10.4. The van der Waals surface area contributed by atoms with Crippen LogP contribution in [0.4, 0.5) is 0 Å². The predicted octanol–water partition coefficient (Wildman–Crippen LogP) is 3.44. The Bertz CT molecular complexity index is 775. The molecule has 2 N–H and O–H groups in total. The van der Waals surface area contributed by atoms with E-state index in [2.05, 4.69) is 40.9 Å². The van der Waals surface area contributed by atoms with Crippen LogP contribution in [0, 0.1) is 0 Å². The first-order valence-corrected chi connectivity index (χ1v) is 10.1. The van der Waals surface area contributed by atoms with Crippen LogP contribution in [0.5, 0.6) is 0 Å². The number of aromatic nitrogens is 1. The van der Waals surface area contributed by atoms with Crippen LogP contribution in [0.3, 0.4) is 0 Å². The lowest BCUT2D eigenvalue weighted by Crippen LogP contribution is -2.48. The van der Waals surface area contributed by atoms with Gasteiger partial charge in [-0.1, -0.05) is 30.4 Å². The second kappa shape index (κ2) is 10.1. The Labute approximate surface area is 167 Å². The molecule has 6 heteroatoms. The minimum atomic E-state index is 0.441. The number of piperidine rings is 1. The highest BCUT2D eigenvalue weighted by molar-refractivity contribution is 5.80. The zero-order valence-corrected chi connectivity index (χ0v) is 16.9. The van der Waals surface area contributed by atoms with Gasteiger partial charge in [-0.2, -0.15) is 0 Å². The molecule has 1 aliphatic rings. The highest BCUT2D eigenvalue weighted by Crippen LogP contribution is 2.18. The van der Waals surface area contributed by atoms with Crippen LogP contribution in [-0.2, 0) is 6.54 Å². The van der Waals surface area contributed by atoms with Crippen molar-refractivity contribution >= 4 is 5.96 Å². The Morgan fingerprint density at radius 2 is 2.04 bits per heavy atom. The van der Waals surface area contributed by atoms with Crippen molar-refractivity contribution in [3.63, 3.8) is 0 Å². The Hall–Kier alpha value is -2.60. The Kier molecular flexibility index (Phi) is 7.25. The van der Waals surface area contributed by atoms with E-state index >= 15 is 0 Å². The summed E-state index contributed by atoms with van der Waals surface area (Å²) in [4.78, 5) is 11.7. The van der Waals surface area contributed by atoms with Crippen LogP contribution in [0.1, 0.15) is 32.4 Å². The van der Waals surface area contributed by atoms with Crippen LogP contribution in [0.25, 0.3) is 11.5 Å². The second-order valence-electron chi connectivity index (χ2n) is 7.36. The molecule has 1 aromatic heterocycles. The molecule has 28 heavy (non-hydrogen) atoms. The maximum atomic E-state index is 5.60. The smallest absolute Gasteiger partial charge is 0.226 e. The van der Waals surface area contributed by atoms with Gasteiger partial charge in [0.1, 0.15) is 12.0 Å². The van der Waals surface area contributed by atoms with Gasteiger partial charge in [0, 0.05) is 37.8 Å². The fourth-order valence-electron chi connectivity index (χ4n) is 3.38. The van der Waals surface area contributed by atoms with Gasteiger partial charge in [-0.05, 0) is 38.8 Å². The molecule has 2 heterocycles. The van der Waals surface area contributed by atoms with Crippen LogP contribution >= 0.6 is 0 Å². The molecule has 0 atom stereocenters. The number of hydrogen-bond acceptors (Lipinski definition) is 4. The average molecular weight is 382 g/mol. The fourth-order valence-corrected chi connectivity index (χ4v) is 3.38. The minimum absolute atomic E-state index is 0.441. The molecule has 6 nitrogen and oxygen atoms in total. The van der Waals surface area contributed by atoms with E-state index in [1.54, 1.807) is 6.26 Å². The summed E-state index contributed by atoms with van der Waals surface area (Å²) in [6.07, 6.45) is 3.91. The Balaban J connectivity index is 1.55. The molecule has 0 radical (unpaired) electrons. The molecule has 0 saturated carbocycles. The minimum Gasteiger partial charge on any atom is -0.444 e. The summed E-state index contributed by atoms with van der Waals surface area (Å²) < 4.78 is 5.60. The van der Waals surface area contributed by atoms with Gasteiger partial charge in [0.2, 0.25) is 5.89 Å². The van der Waals surface area contributed by atoms with Crippen molar-refractivity contribution in [3.05, 3.63) is 54.4 Å². The molecule has 0 bridgehead atoms. The van der Waals surface area contributed by atoms with Gasteiger partial charge in [0.25, 0.3) is 0 Å². The molecule has 1 fully saturated rings. The van der Waals surface area contributed by atoms with Crippen LogP contribution < -0.4 is 10.6 Å². The summed E-state index contributed by atoms with van der Waals surface area (Å²) in [6.45, 7) is 12.7. The average Bonchev–Trinajstić information content (AvgIpc) is 3.17. The molecule has 1 aromatic carbocycles. The topological polar surface area (TPSA) is 65.7 Å².